The summed E-state index contributed by atoms with van der Waals surface area (Å²) < 4.78 is 40.4. The summed E-state index contributed by atoms with van der Waals surface area (Å²) in [4.78, 5) is 13.4. The Bertz CT molecular complexity index is 1040. The van der Waals surface area contributed by atoms with Gasteiger partial charge in [0.15, 0.2) is 0 Å². The molecule has 12 heteroatoms. The van der Waals surface area contributed by atoms with Gasteiger partial charge >= 0.3 is 6.18 Å². The number of aromatic nitrogens is 2. The fraction of sp³-hybridized carbons (Fsp3) is 0.333. The lowest BCUT2D eigenvalue weighted by Crippen LogP contribution is -2.43. The zero-order valence-corrected chi connectivity index (χ0v) is 17.3. The van der Waals surface area contributed by atoms with E-state index < -0.39 is 23.3 Å². The average Bonchev–Trinajstić information content (AvgIpc) is 2.68. The molecule has 3 rings (SSSR count). The van der Waals surface area contributed by atoms with Crippen LogP contribution in [-0.2, 0) is 6.18 Å². The third kappa shape index (κ3) is 4.35. The number of H-pyrrole nitrogens is 1. The van der Waals surface area contributed by atoms with Crippen LogP contribution in [0.3, 0.4) is 0 Å². The molecule has 30 heavy (non-hydrogen) atoms. The molecule has 1 aliphatic rings. The molecule has 0 saturated heterocycles. The minimum absolute atomic E-state index is 0.0148. The molecule has 1 atom stereocenters. The van der Waals surface area contributed by atoms with Crippen LogP contribution in [-0.4, -0.2) is 28.3 Å². The Morgan fingerprint density at radius 3 is 2.67 bits per heavy atom. The van der Waals surface area contributed by atoms with Gasteiger partial charge in [-0.3, -0.25) is 4.79 Å². The van der Waals surface area contributed by atoms with E-state index in [1.54, 1.807) is 11.8 Å². The number of alkyl halides is 3. The van der Waals surface area contributed by atoms with Crippen molar-refractivity contribution in [2.45, 2.75) is 25.6 Å². The number of benzene rings is 1. The van der Waals surface area contributed by atoms with E-state index in [1.807, 2.05) is 0 Å². The first-order chi connectivity index (χ1) is 14.0. The highest BCUT2D eigenvalue weighted by Crippen LogP contribution is 2.38. The molecule has 0 spiro atoms. The zero-order chi connectivity index (χ0) is 22.2. The van der Waals surface area contributed by atoms with Crippen molar-refractivity contribution in [3.63, 3.8) is 0 Å². The third-order valence-electron chi connectivity index (χ3n) is 4.97. The first kappa shape index (κ1) is 22.3. The van der Waals surface area contributed by atoms with Crippen LogP contribution in [0, 0.1) is 0 Å². The number of rotatable bonds is 4. The Hall–Kier alpha value is -2.43. The summed E-state index contributed by atoms with van der Waals surface area (Å²) in [5.41, 5.74) is 6.07. The topological polar surface area (TPSA) is 104 Å². The maximum atomic E-state index is 13.5. The van der Waals surface area contributed by atoms with Gasteiger partial charge in [-0.05, 0) is 24.6 Å². The summed E-state index contributed by atoms with van der Waals surface area (Å²) in [7, 11) is 0. The molecule has 0 fully saturated rings. The lowest BCUT2D eigenvalue weighted by atomic mass is 9.99. The number of nitrogens with zero attached hydrogens (tertiary/aromatic N) is 3. The van der Waals surface area contributed by atoms with Crippen molar-refractivity contribution in [3.8, 4) is 0 Å². The van der Waals surface area contributed by atoms with Crippen LogP contribution in [0.5, 0.6) is 0 Å². The average molecular weight is 463 g/mol. The van der Waals surface area contributed by atoms with Crippen LogP contribution in [0.4, 0.5) is 18.9 Å². The first-order valence-corrected chi connectivity index (χ1v) is 9.62. The second-order valence-electron chi connectivity index (χ2n) is 6.85. The number of hydrazine groups is 1. The molecule has 0 amide bonds. The predicted molar refractivity (Wildman–Crippen MR) is 109 cm³/mol. The van der Waals surface area contributed by atoms with E-state index in [-0.39, 0.29) is 22.2 Å². The van der Waals surface area contributed by atoms with Crippen molar-refractivity contribution in [2.75, 3.05) is 18.0 Å². The summed E-state index contributed by atoms with van der Waals surface area (Å²) in [5.74, 6) is 6.19. The molecule has 0 radical (unpaired) electrons. The minimum atomic E-state index is -4.58. The second-order valence-corrected chi connectivity index (χ2v) is 7.67. The van der Waals surface area contributed by atoms with E-state index in [0.717, 1.165) is 6.07 Å². The zero-order valence-electron chi connectivity index (χ0n) is 15.8. The molecule has 0 saturated carbocycles. The molecule has 162 valence electrons. The van der Waals surface area contributed by atoms with E-state index in [4.69, 9.17) is 34.8 Å². The second kappa shape index (κ2) is 8.37. The van der Waals surface area contributed by atoms with E-state index in [1.165, 1.54) is 23.3 Å². The maximum Gasteiger partial charge on any atom is 0.416 e. The maximum absolute atomic E-state index is 13.5. The summed E-state index contributed by atoms with van der Waals surface area (Å²) >= 11 is 11.8. The van der Waals surface area contributed by atoms with Crippen LogP contribution in [0.25, 0.3) is 0 Å². The molecule has 0 aliphatic carbocycles. The molecular weight excluding hydrogens is 444 g/mol. The van der Waals surface area contributed by atoms with Crippen molar-refractivity contribution in [2.24, 2.45) is 11.6 Å². The van der Waals surface area contributed by atoms with E-state index in [0.29, 0.717) is 30.0 Å². The smallest absolute Gasteiger partial charge is 0.399 e. The Kier molecular flexibility index (Phi) is 6.21. The van der Waals surface area contributed by atoms with E-state index in [9.17, 15) is 18.0 Å². The third-order valence-corrected chi connectivity index (χ3v) is 5.57. The SMILES string of the molecule is CC(c1ccc(Cl)cc1C(F)(F)F)N(N)C1=C(N)CN(c2cn[nH]c(=O)c2Cl)CC1. The number of aromatic amines is 1. The van der Waals surface area contributed by atoms with Gasteiger partial charge in [0.05, 0.1) is 35.7 Å². The lowest BCUT2D eigenvalue weighted by Gasteiger charge is -2.37. The van der Waals surface area contributed by atoms with Crippen molar-refractivity contribution < 1.29 is 13.2 Å². The Morgan fingerprint density at radius 2 is 2.03 bits per heavy atom. The highest BCUT2D eigenvalue weighted by molar-refractivity contribution is 6.33. The van der Waals surface area contributed by atoms with Gasteiger partial charge in [0.1, 0.15) is 5.02 Å². The number of anilines is 1. The van der Waals surface area contributed by atoms with E-state index >= 15 is 0 Å². The molecule has 5 N–H and O–H groups in total. The lowest BCUT2D eigenvalue weighted by molar-refractivity contribution is -0.138. The molecular formula is C18H19Cl2F3N6O. The summed E-state index contributed by atoms with van der Waals surface area (Å²) in [5, 5.41) is 7.17. The van der Waals surface area contributed by atoms with Gasteiger partial charge < -0.3 is 15.6 Å². The highest BCUT2D eigenvalue weighted by atomic mass is 35.5. The van der Waals surface area contributed by atoms with Crippen LogP contribution >= 0.6 is 23.2 Å². The van der Waals surface area contributed by atoms with Crippen LogP contribution < -0.4 is 22.0 Å². The number of nitrogens with two attached hydrogens (primary N) is 2. The van der Waals surface area contributed by atoms with Gasteiger partial charge in [0.2, 0.25) is 0 Å². The van der Waals surface area contributed by atoms with Gasteiger partial charge in [-0.1, -0.05) is 29.3 Å². The molecule has 2 aromatic rings. The number of hydrogen-bond acceptors (Lipinski definition) is 6. The summed E-state index contributed by atoms with van der Waals surface area (Å²) in [6.07, 6.45) is -2.83. The summed E-state index contributed by atoms with van der Waals surface area (Å²) in [6, 6.07) is 2.76. The van der Waals surface area contributed by atoms with Crippen LogP contribution in [0.15, 0.2) is 40.6 Å². The molecule has 7 nitrogen and oxygen atoms in total. The molecule has 1 unspecified atom stereocenters. The number of halogens is 5. The Labute approximate surface area is 180 Å². The first-order valence-electron chi connectivity index (χ1n) is 8.87. The highest BCUT2D eigenvalue weighted by Gasteiger charge is 2.36. The number of hydrogen-bond donors (Lipinski definition) is 3. The molecule has 1 aromatic heterocycles. The molecule has 1 aromatic carbocycles. The predicted octanol–water partition coefficient (Wildman–Crippen LogP) is 3.41. The monoisotopic (exact) mass is 462 g/mol. The van der Waals surface area contributed by atoms with Crippen molar-refractivity contribution in [1.29, 1.82) is 0 Å². The van der Waals surface area contributed by atoms with Crippen molar-refractivity contribution >= 4 is 28.9 Å². The fourth-order valence-corrected chi connectivity index (χ4v) is 3.78. The molecule has 1 aliphatic heterocycles. The quantitative estimate of drug-likeness (QED) is 0.474. The van der Waals surface area contributed by atoms with Gasteiger partial charge in [0, 0.05) is 23.7 Å². The van der Waals surface area contributed by atoms with Crippen LogP contribution in [0.2, 0.25) is 10.0 Å². The molecule has 0 bridgehead atoms. The van der Waals surface area contributed by atoms with Crippen molar-refractivity contribution in [1.82, 2.24) is 15.2 Å². The van der Waals surface area contributed by atoms with Crippen molar-refractivity contribution in [3.05, 3.63) is 67.3 Å². The largest absolute Gasteiger partial charge is 0.416 e. The van der Waals surface area contributed by atoms with Gasteiger partial charge in [-0.15, -0.1) is 0 Å². The Morgan fingerprint density at radius 1 is 1.33 bits per heavy atom. The van der Waals surface area contributed by atoms with E-state index in [2.05, 4.69) is 10.2 Å². The van der Waals surface area contributed by atoms with Gasteiger partial charge in [0.25, 0.3) is 5.56 Å². The minimum Gasteiger partial charge on any atom is -0.399 e. The van der Waals surface area contributed by atoms with Gasteiger partial charge in [-0.25, -0.2) is 10.9 Å². The summed E-state index contributed by atoms with van der Waals surface area (Å²) in [6.45, 7) is 2.14. The van der Waals surface area contributed by atoms with Gasteiger partial charge in [-0.2, -0.15) is 18.3 Å². The normalized spacial score (nSPS) is 16.0. The van der Waals surface area contributed by atoms with Crippen LogP contribution in [0.1, 0.15) is 30.5 Å². The molecule has 2 heterocycles. The fourth-order valence-electron chi connectivity index (χ4n) is 3.39. The standard InChI is InChI=1S/C18H19Cl2F3N6O/c1-9(11-3-2-10(19)6-12(11)18(21,22)23)29(25)14-4-5-28(8-13(14)24)15-7-26-27-17(30)16(15)20/h2-3,6-7,9H,4-5,8,24-25H2,1H3,(H,27,30). The number of nitrogens with one attached hydrogen (secondary N) is 1. The Balaban J connectivity index is 1.88.